The van der Waals surface area contributed by atoms with Crippen LogP contribution >= 0.6 is 0 Å². The quantitative estimate of drug-likeness (QED) is 0.486. The van der Waals surface area contributed by atoms with Crippen LogP contribution in [-0.4, -0.2) is 40.3 Å². The van der Waals surface area contributed by atoms with Crippen LogP contribution in [0.3, 0.4) is 0 Å². The first-order valence-electron chi connectivity index (χ1n) is 11.8. The molecule has 0 amide bonds. The maximum absolute atomic E-state index is 13.4. The highest BCUT2D eigenvalue weighted by Gasteiger charge is 2.39. The van der Waals surface area contributed by atoms with E-state index in [9.17, 15) is 13.2 Å². The van der Waals surface area contributed by atoms with Crippen LogP contribution in [0, 0.1) is 6.92 Å². The van der Waals surface area contributed by atoms with Crippen molar-refractivity contribution in [1.82, 2.24) is 15.1 Å². The van der Waals surface area contributed by atoms with Gasteiger partial charge in [0.1, 0.15) is 11.9 Å². The van der Waals surface area contributed by atoms with Gasteiger partial charge >= 0.3 is 6.18 Å². The second kappa shape index (κ2) is 8.73. The lowest BCUT2D eigenvalue weighted by Crippen LogP contribution is -2.43. The molecular weight excluding hydrogens is 441 g/mol. The van der Waals surface area contributed by atoms with Crippen molar-refractivity contribution in [3.63, 3.8) is 0 Å². The van der Waals surface area contributed by atoms with Crippen LogP contribution in [0.25, 0.3) is 10.8 Å². The number of hydrogen-bond donors (Lipinski definition) is 1. The Labute approximate surface area is 197 Å². The lowest BCUT2D eigenvalue weighted by Gasteiger charge is -2.36. The molecule has 0 spiro atoms. The van der Waals surface area contributed by atoms with E-state index in [1.807, 2.05) is 25.1 Å². The molecule has 34 heavy (non-hydrogen) atoms. The smallest absolute Gasteiger partial charge is 0.416 e. The summed E-state index contributed by atoms with van der Waals surface area (Å²) in [5.41, 5.74) is 0.164. The molecule has 2 bridgehead atoms. The number of nitrogens with one attached hydrogen (secondary N) is 1. The summed E-state index contributed by atoms with van der Waals surface area (Å²) in [6.07, 6.45) is 1.99. The predicted molar refractivity (Wildman–Crippen MR) is 126 cm³/mol. The molecule has 3 atom stereocenters. The van der Waals surface area contributed by atoms with Gasteiger partial charge in [-0.2, -0.15) is 18.3 Å². The fourth-order valence-electron chi connectivity index (χ4n) is 5.60. The van der Waals surface area contributed by atoms with Crippen molar-refractivity contribution in [2.45, 2.75) is 69.9 Å². The molecule has 2 aliphatic heterocycles. The molecule has 0 saturated carbocycles. The van der Waals surface area contributed by atoms with Gasteiger partial charge in [-0.3, -0.25) is 0 Å². The predicted octanol–water partition coefficient (Wildman–Crippen LogP) is 6.13. The zero-order chi connectivity index (χ0) is 24.0. The molecule has 0 aliphatic carbocycles. The van der Waals surface area contributed by atoms with Gasteiger partial charge < -0.3 is 15.0 Å². The minimum atomic E-state index is -4.39. The van der Waals surface area contributed by atoms with Gasteiger partial charge in [0.2, 0.25) is 0 Å². The van der Waals surface area contributed by atoms with Crippen LogP contribution < -0.4 is 10.1 Å². The lowest BCUT2D eigenvalue weighted by atomic mass is 9.97. The van der Waals surface area contributed by atoms with Gasteiger partial charge in [-0.25, -0.2) is 0 Å². The van der Waals surface area contributed by atoms with Crippen molar-refractivity contribution < 1.29 is 17.9 Å². The molecule has 0 radical (unpaired) electrons. The van der Waals surface area contributed by atoms with Crippen molar-refractivity contribution >= 4 is 16.6 Å². The Hall–Kier alpha value is -2.87. The second-order valence-corrected chi connectivity index (χ2v) is 9.59. The standard InChI is InChI=1S/C26H29F3N4O/c1-15-22(5-4-6-24(15)26(27,28)29)16(2)31-25-23-13-20(10-7-17(23)14-30-32-25)34-21-11-18-8-9-19(12-21)33(18)3/h4-7,10,13-14,16,18-19,21H,8-9,11-12H2,1-3H3,(H,31,32)/t16-,18?,19?,21?/m1/s1. The molecule has 1 N–H and O–H groups in total. The van der Waals surface area contributed by atoms with E-state index in [1.165, 1.54) is 25.8 Å². The average molecular weight is 471 g/mol. The molecule has 3 heterocycles. The molecule has 2 unspecified atom stereocenters. The third-order valence-corrected chi connectivity index (χ3v) is 7.49. The highest BCUT2D eigenvalue weighted by atomic mass is 19.4. The summed E-state index contributed by atoms with van der Waals surface area (Å²) in [5.74, 6) is 1.30. The van der Waals surface area contributed by atoms with Gasteiger partial charge in [0.05, 0.1) is 17.8 Å². The first kappa shape index (κ1) is 22.9. The zero-order valence-electron chi connectivity index (χ0n) is 19.6. The Kier molecular flexibility index (Phi) is 5.88. The van der Waals surface area contributed by atoms with E-state index in [1.54, 1.807) is 12.3 Å². The maximum Gasteiger partial charge on any atom is 0.416 e. The third-order valence-electron chi connectivity index (χ3n) is 7.49. The van der Waals surface area contributed by atoms with Crippen molar-refractivity contribution in [3.05, 3.63) is 59.3 Å². The van der Waals surface area contributed by atoms with Crippen molar-refractivity contribution in [2.24, 2.45) is 0 Å². The molecule has 5 nitrogen and oxygen atoms in total. The highest BCUT2D eigenvalue weighted by Crippen LogP contribution is 2.38. The minimum Gasteiger partial charge on any atom is -0.490 e. The lowest BCUT2D eigenvalue weighted by molar-refractivity contribution is -0.138. The first-order valence-corrected chi connectivity index (χ1v) is 11.8. The molecule has 5 rings (SSSR count). The van der Waals surface area contributed by atoms with Crippen LogP contribution in [0.1, 0.15) is 55.3 Å². The number of benzene rings is 2. The summed E-state index contributed by atoms with van der Waals surface area (Å²) in [6, 6.07) is 10.9. The Bertz CT molecular complexity index is 1180. The van der Waals surface area contributed by atoms with E-state index >= 15 is 0 Å². The summed E-state index contributed by atoms with van der Waals surface area (Å²) < 4.78 is 46.5. The van der Waals surface area contributed by atoms with Crippen molar-refractivity contribution in [2.75, 3.05) is 12.4 Å². The number of piperidine rings is 1. The first-order chi connectivity index (χ1) is 16.2. The van der Waals surface area contributed by atoms with E-state index in [2.05, 4.69) is 27.5 Å². The zero-order valence-corrected chi connectivity index (χ0v) is 19.6. The molecule has 180 valence electrons. The Balaban J connectivity index is 1.39. The fourth-order valence-corrected chi connectivity index (χ4v) is 5.60. The van der Waals surface area contributed by atoms with Crippen molar-refractivity contribution in [3.8, 4) is 5.75 Å². The number of rotatable bonds is 5. The number of anilines is 1. The normalized spacial score (nSPS) is 23.8. The average Bonchev–Trinajstić information content (AvgIpc) is 2.99. The Morgan fingerprint density at radius 3 is 2.56 bits per heavy atom. The van der Waals surface area contributed by atoms with Crippen LogP contribution in [0.15, 0.2) is 42.6 Å². The second-order valence-electron chi connectivity index (χ2n) is 9.59. The van der Waals surface area contributed by atoms with Gasteiger partial charge in [-0.15, -0.1) is 5.10 Å². The van der Waals surface area contributed by atoms with Gasteiger partial charge in [-0.05, 0) is 82.0 Å². The molecule has 2 aliphatic rings. The maximum atomic E-state index is 13.4. The Morgan fingerprint density at radius 2 is 1.85 bits per heavy atom. The monoisotopic (exact) mass is 470 g/mol. The summed E-state index contributed by atoms with van der Waals surface area (Å²) in [6.45, 7) is 3.34. The van der Waals surface area contributed by atoms with Gasteiger partial charge in [-0.1, -0.05) is 12.1 Å². The third kappa shape index (κ3) is 4.31. The number of aromatic nitrogens is 2. The van der Waals surface area contributed by atoms with Gasteiger partial charge in [0.15, 0.2) is 5.82 Å². The molecular formula is C26H29F3N4O. The highest BCUT2D eigenvalue weighted by molar-refractivity contribution is 5.92. The number of hydrogen-bond acceptors (Lipinski definition) is 5. The van der Waals surface area contributed by atoms with E-state index in [0.717, 1.165) is 35.4 Å². The molecule has 3 aromatic rings. The molecule has 2 saturated heterocycles. The van der Waals surface area contributed by atoms with Gasteiger partial charge in [0, 0.05) is 22.9 Å². The largest absolute Gasteiger partial charge is 0.490 e. The minimum absolute atomic E-state index is 0.184. The summed E-state index contributed by atoms with van der Waals surface area (Å²) in [7, 11) is 2.21. The topological polar surface area (TPSA) is 50.3 Å². The van der Waals surface area contributed by atoms with Crippen LogP contribution in [0.2, 0.25) is 0 Å². The summed E-state index contributed by atoms with van der Waals surface area (Å²) in [5, 5.41) is 13.3. The van der Waals surface area contributed by atoms with Crippen LogP contribution in [0.5, 0.6) is 5.75 Å². The van der Waals surface area contributed by atoms with E-state index in [4.69, 9.17) is 4.74 Å². The van der Waals surface area contributed by atoms with E-state index in [0.29, 0.717) is 23.5 Å². The molecule has 1 aromatic heterocycles. The van der Waals surface area contributed by atoms with Crippen LogP contribution in [0.4, 0.5) is 19.0 Å². The number of nitrogens with zero attached hydrogens (tertiary/aromatic N) is 3. The van der Waals surface area contributed by atoms with E-state index in [-0.39, 0.29) is 11.7 Å². The summed E-state index contributed by atoms with van der Waals surface area (Å²) in [4.78, 5) is 2.48. The number of halogens is 3. The van der Waals surface area contributed by atoms with Gasteiger partial charge in [0.25, 0.3) is 0 Å². The number of alkyl halides is 3. The number of ether oxygens (including phenoxy) is 1. The number of fused-ring (bicyclic) bond motifs is 3. The Morgan fingerprint density at radius 1 is 1.12 bits per heavy atom. The fraction of sp³-hybridized carbons (Fsp3) is 0.462. The van der Waals surface area contributed by atoms with Crippen molar-refractivity contribution in [1.29, 1.82) is 0 Å². The molecule has 8 heteroatoms. The molecule has 2 fully saturated rings. The molecule has 2 aromatic carbocycles. The van der Waals surface area contributed by atoms with Crippen LogP contribution in [-0.2, 0) is 6.18 Å². The van der Waals surface area contributed by atoms with E-state index < -0.39 is 17.8 Å². The summed E-state index contributed by atoms with van der Waals surface area (Å²) >= 11 is 0. The SMILES string of the molecule is Cc1c([C@@H](C)Nc2nncc3ccc(OC4CC5CCC(C4)N5C)cc23)cccc1C(F)(F)F.